The van der Waals surface area contributed by atoms with E-state index in [1.165, 1.54) is 18.2 Å². The van der Waals surface area contributed by atoms with Gasteiger partial charge in [0.05, 0.1) is 5.56 Å². The number of rotatable bonds is 2. The highest BCUT2D eigenvalue weighted by Crippen LogP contribution is 2.21. The number of nitrogens with zero attached hydrogens (tertiary/aromatic N) is 1. The van der Waals surface area contributed by atoms with Crippen molar-refractivity contribution in [1.82, 2.24) is 4.98 Å². The summed E-state index contributed by atoms with van der Waals surface area (Å²) in [5.41, 5.74) is 0.495. The number of phenolic OH excluding ortho intramolecular Hbond substituents is 1. The summed E-state index contributed by atoms with van der Waals surface area (Å²) in [6, 6.07) is 5.45. The summed E-state index contributed by atoms with van der Waals surface area (Å²) in [6.45, 7) is 1.65. The monoisotopic (exact) mass is 264 g/mol. The zero-order chi connectivity index (χ0) is 14.0. The van der Waals surface area contributed by atoms with E-state index in [-0.39, 0.29) is 5.75 Å². The van der Waals surface area contributed by atoms with Crippen LogP contribution in [0.1, 0.15) is 15.9 Å². The largest absolute Gasteiger partial charge is 0.508 e. The van der Waals surface area contributed by atoms with Crippen LogP contribution in [0.2, 0.25) is 0 Å². The molecule has 0 saturated carbocycles. The Kier molecular flexibility index (Phi) is 3.41. The molecular weight excluding hydrogens is 254 g/mol. The van der Waals surface area contributed by atoms with E-state index >= 15 is 0 Å². The number of phenols is 1. The molecule has 6 heteroatoms. The first kappa shape index (κ1) is 12.9. The summed E-state index contributed by atoms with van der Waals surface area (Å²) in [7, 11) is 0. The Balaban J connectivity index is 2.26. The number of nitrogens with one attached hydrogen (secondary N) is 1. The molecule has 0 aliphatic carbocycles. The highest BCUT2D eigenvalue weighted by molar-refractivity contribution is 6.04. The van der Waals surface area contributed by atoms with Crippen molar-refractivity contribution >= 4 is 11.6 Å². The fourth-order valence-electron chi connectivity index (χ4n) is 1.53. The number of anilines is 1. The topological polar surface area (TPSA) is 62.2 Å². The van der Waals surface area contributed by atoms with Crippen LogP contribution < -0.4 is 5.32 Å². The van der Waals surface area contributed by atoms with Crippen LogP contribution in [0.4, 0.5) is 14.5 Å². The van der Waals surface area contributed by atoms with Crippen molar-refractivity contribution in [3.63, 3.8) is 0 Å². The molecule has 2 rings (SSSR count). The number of hydrogen-bond donors (Lipinski definition) is 2. The Morgan fingerprint density at radius 2 is 2.05 bits per heavy atom. The molecule has 0 aliphatic heterocycles. The molecule has 0 fully saturated rings. The molecule has 0 aliphatic rings. The summed E-state index contributed by atoms with van der Waals surface area (Å²) < 4.78 is 26.3. The average molecular weight is 264 g/mol. The highest BCUT2D eigenvalue weighted by Gasteiger charge is 2.16. The van der Waals surface area contributed by atoms with Crippen molar-refractivity contribution in [2.75, 3.05) is 5.32 Å². The molecule has 1 aromatic carbocycles. The van der Waals surface area contributed by atoms with Gasteiger partial charge in [0.2, 0.25) is 5.95 Å². The number of aromatic hydroxyl groups is 1. The van der Waals surface area contributed by atoms with Crippen molar-refractivity contribution in [2.45, 2.75) is 6.92 Å². The van der Waals surface area contributed by atoms with Crippen LogP contribution in [0.25, 0.3) is 0 Å². The van der Waals surface area contributed by atoms with E-state index in [1.807, 2.05) is 0 Å². The number of aryl methyl sites for hydroxylation is 1. The first-order valence-corrected chi connectivity index (χ1v) is 5.40. The lowest BCUT2D eigenvalue weighted by Gasteiger charge is -2.07. The van der Waals surface area contributed by atoms with E-state index in [9.17, 15) is 18.7 Å². The summed E-state index contributed by atoms with van der Waals surface area (Å²) in [5.74, 6) is -3.33. The predicted molar refractivity (Wildman–Crippen MR) is 65.0 cm³/mol. The van der Waals surface area contributed by atoms with E-state index in [4.69, 9.17) is 0 Å². The van der Waals surface area contributed by atoms with Gasteiger partial charge >= 0.3 is 0 Å². The number of aromatic nitrogens is 1. The maximum Gasteiger partial charge on any atom is 0.258 e. The number of hydrogen-bond acceptors (Lipinski definition) is 3. The van der Waals surface area contributed by atoms with Gasteiger partial charge in [-0.15, -0.1) is 0 Å². The minimum Gasteiger partial charge on any atom is -0.508 e. The second kappa shape index (κ2) is 5.01. The zero-order valence-corrected chi connectivity index (χ0v) is 9.95. The van der Waals surface area contributed by atoms with Gasteiger partial charge in [-0.05, 0) is 36.8 Å². The molecule has 1 amide bonds. The Hall–Kier alpha value is -2.50. The van der Waals surface area contributed by atoms with Crippen LogP contribution in [0.5, 0.6) is 5.75 Å². The summed E-state index contributed by atoms with van der Waals surface area (Å²) in [4.78, 5) is 14.9. The Labute approximate surface area is 107 Å². The predicted octanol–water partition coefficient (Wildman–Crippen LogP) is 2.63. The number of halogens is 2. The lowest BCUT2D eigenvalue weighted by molar-refractivity contribution is 0.102. The normalized spacial score (nSPS) is 10.3. The minimum absolute atomic E-state index is 0.0825. The molecule has 2 N–H and O–H groups in total. The summed E-state index contributed by atoms with van der Waals surface area (Å²) >= 11 is 0. The SMILES string of the molecule is Cc1cc(NC(=O)c2ccnc(F)c2F)ccc1O. The van der Waals surface area contributed by atoms with Gasteiger partial charge in [-0.3, -0.25) is 4.79 Å². The summed E-state index contributed by atoms with van der Waals surface area (Å²) in [6.07, 6.45) is 1.01. The minimum atomic E-state index is -1.32. The maximum atomic E-state index is 13.4. The van der Waals surface area contributed by atoms with Gasteiger partial charge in [-0.25, -0.2) is 9.37 Å². The first-order chi connectivity index (χ1) is 8.99. The lowest BCUT2D eigenvalue weighted by atomic mass is 10.2. The number of carbonyl (C=O) groups excluding carboxylic acids is 1. The third-order valence-corrected chi connectivity index (χ3v) is 2.55. The molecule has 4 nitrogen and oxygen atoms in total. The highest BCUT2D eigenvalue weighted by atomic mass is 19.2. The van der Waals surface area contributed by atoms with Crippen LogP contribution in [0, 0.1) is 18.7 Å². The number of benzene rings is 1. The van der Waals surface area contributed by atoms with Gasteiger partial charge in [-0.2, -0.15) is 4.39 Å². The molecule has 1 heterocycles. The van der Waals surface area contributed by atoms with Crippen LogP contribution in [-0.2, 0) is 0 Å². The van der Waals surface area contributed by atoms with Crippen molar-refractivity contribution in [2.24, 2.45) is 0 Å². The van der Waals surface area contributed by atoms with Crippen molar-refractivity contribution in [3.05, 3.63) is 53.4 Å². The third kappa shape index (κ3) is 2.67. The fourth-order valence-corrected chi connectivity index (χ4v) is 1.53. The van der Waals surface area contributed by atoms with Crippen LogP contribution in [0.3, 0.4) is 0 Å². The van der Waals surface area contributed by atoms with Crippen LogP contribution >= 0.6 is 0 Å². The summed E-state index contributed by atoms with van der Waals surface area (Å²) in [5, 5.41) is 11.8. The van der Waals surface area contributed by atoms with Crippen LogP contribution in [-0.4, -0.2) is 16.0 Å². The van der Waals surface area contributed by atoms with Crippen LogP contribution in [0.15, 0.2) is 30.5 Å². The van der Waals surface area contributed by atoms with E-state index in [0.29, 0.717) is 11.3 Å². The number of pyridine rings is 1. The second-order valence-corrected chi connectivity index (χ2v) is 3.92. The number of carbonyl (C=O) groups is 1. The van der Waals surface area contributed by atoms with Crippen molar-refractivity contribution in [3.8, 4) is 5.75 Å². The van der Waals surface area contributed by atoms with Gasteiger partial charge < -0.3 is 10.4 Å². The van der Waals surface area contributed by atoms with E-state index in [2.05, 4.69) is 10.3 Å². The molecule has 0 unspecified atom stereocenters. The fraction of sp³-hybridized carbons (Fsp3) is 0.0769. The van der Waals surface area contributed by atoms with Crippen molar-refractivity contribution in [1.29, 1.82) is 0 Å². The molecule has 0 bridgehead atoms. The van der Waals surface area contributed by atoms with Crippen molar-refractivity contribution < 1.29 is 18.7 Å². The molecule has 0 radical (unpaired) electrons. The second-order valence-electron chi connectivity index (χ2n) is 3.92. The standard InChI is InChI=1S/C13H10F2N2O2/c1-7-6-8(2-3-10(7)18)17-13(19)9-4-5-16-12(15)11(9)14/h2-6,18H,1H3,(H,17,19). The zero-order valence-electron chi connectivity index (χ0n) is 9.95. The molecular formula is C13H10F2N2O2. The molecule has 0 atom stereocenters. The molecule has 2 aromatic rings. The molecule has 19 heavy (non-hydrogen) atoms. The quantitative estimate of drug-likeness (QED) is 0.647. The lowest BCUT2D eigenvalue weighted by Crippen LogP contribution is -2.15. The van der Waals surface area contributed by atoms with Gasteiger partial charge in [0, 0.05) is 11.9 Å². The Bertz CT molecular complexity index is 645. The third-order valence-electron chi connectivity index (χ3n) is 2.55. The first-order valence-electron chi connectivity index (χ1n) is 5.40. The Morgan fingerprint density at radius 3 is 2.74 bits per heavy atom. The Morgan fingerprint density at radius 1 is 1.32 bits per heavy atom. The van der Waals surface area contributed by atoms with Gasteiger partial charge in [-0.1, -0.05) is 0 Å². The van der Waals surface area contributed by atoms with E-state index < -0.39 is 23.2 Å². The maximum absolute atomic E-state index is 13.4. The van der Waals surface area contributed by atoms with E-state index in [1.54, 1.807) is 6.92 Å². The number of amides is 1. The molecule has 0 spiro atoms. The molecule has 0 saturated heterocycles. The van der Waals surface area contributed by atoms with Gasteiger partial charge in [0.1, 0.15) is 5.75 Å². The molecule has 1 aromatic heterocycles. The van der Waals surface area contributed by atoms with Gasteiger partial charge in [0.15, 0.2) is 5.82 Å². The average Bonchev–Trinajstić information content (AvgIpc) is 2.37. The van der Waals surface area contributed by atoms with Gasteiger partial charge in [0.25, 0.3) is 5.91 Å². The van der Waals surface area contributed by atoms with E-state index in [0.717, 1.165) is 12.3 Å². The smallest absolute Gasteiger partial charge is 0.258 e. The molecule has 98 valence electrons.